The van der Waals surface area contributed by atoms with Crippen molar-refractivity contribution in [2.24, 2.45) is 0 Å². The number of carbonyl (C=O) groups excluding carboxylic acids is 1. The molecule has 14 heavy (non-hydrogen) atoms. The molecule has 80 valence electrons. The van der Waals surface area contributed by atoms with Gasteiger partial charge in [-0.25, -0.2) is 4.79 Å². The number of methoxy groups -OCH3 is 1. The zero-order valence-corrected chi connectivity index (χ0v) is 9.30. The van der Waals surface area contributed by atoms with Gasteiger partial charge < -0.3 is 9.64 Å². The minimum atomic E-state index is -0.165. The van der Waals surface area contributed by atoms with Gasteiger partial charge in [-0.1, -0.05) is 13.3 Å². The number of rotatable bonds is 4. The topological polar surface area (TPSA) is 29.5 Å². The lowest BCUT2D eigenvalue weighted by molar-refractivity contribution is -0.136. The number of hydrogen-bond donors (Lipinski definition) is 0. The van der Waals surface area contributed by atoms with Gasteiger partial charge in [-0.2, -0.15) is 0 Å². The van der Waals surface area contributed by atoms with E-state index in [-0.39, 0.29) is 5.97 Å². The SMILES string of the molecule is CCCCN1CCC(C(=O)OC)=C1C. The van der Waals surface area contributed by atoms with Crippen LogP contribution in [0.2, 0.25) is 0 Å². The van der Waals surface area contributed by atoms with Crippen LogP contribution >= 0.6 is 0 Å². The third-order valence-corrected chi connectivity index (χ3v) is 2.76. The van der Waals surface area contributed by atoms with Gasteiger partial charge in [-0.3, -0.25) is 0 Å². The van der Waals surface area contributed by atoms with Crippen LogP contribution in [0.25, 0.3) is 0 Å². The fraction of sp³-hybridized carbons (Fsp3) is 0.727. The Labute approximate surface area is 85.7 Å². The number of esters is 1. The van der Waals surface area contributed by atoms with Gasteiger partial charge in [0.2, 0.25) is 0 Å². The Kier molecular flexibility index (Phi) is 3.98. The maximum Gasteiger partial charge on any atom is 0.335 e. The smallest absolute Gasteiger partial charge is 0.335 e. The van der Waals surface area contributed by atoms with E-state index in [1.807, 2.05) is 6.92 Å². The molecule has 0 bridgehead atoms. The molecule has 1 heterocycles. The van der Waals surface area contributed by atoms with Crippen LogP contribution in [0.5, 0.6) is 0 Å². The van der Waals surface area contributed by atoms with E-state index < -0.39 is 0 Å². The molecule has 0 unspecified atom stereocenters. The summed E-state index contributed by atoms with van der Waals surface area (Å²) in [5, 5.41) is 0. The molecule has 0 fully saturated rings. The number of unbranched alkanes of at least 4 members (excludes halogenated alkanes) is 1. The van der Waals surface area contributed by atoms with Crippen molar-refractivity contribution in [3.8, 4) is 0 Å². The van der Waals surface area contributed by atoms with Crippen LogP contribution in [-0.4, -0.2) is 31.1 Å². The molecule has 0 N–H and O–H groups in total. The molecular formula is C11H19NO2. The lowest BCUT2D eigenvalue weighted by Crippen LogP contribution is -2.19. The molecule has 0 spiro atoms. The third kappa shape index (κ3) is 2.28. The van der Waals surface area contributed by atoms with E-state index in [0.717, 1.165) is 30.8 Å². The Bertz CT molecular complexity index is 246. The summed E-state index contributed by atoms with van der Waals surface area (Å²) in [6.07, 6.45) is 3.21. The molecule has 0 aromatic heterocycles. The maximum absolute atomic E-state index is 11.3. The van der Waals surface area contributed by atoms with Gasteiger partial charge >= 0.3 is 5.97 Å². The quantitative estimate of drug-likeness (QED) is 0.645. The summed E-state index contributed by atoms with van der Waals surface area (Å²) in [5.41, 5.74) is 1.95. The van der Waals surface area contributed by atoms with Crippen molar-refractivity contribution in [3.05, 3.63) is 11.3 Å². The van der Waals surface area contributed by atoms with Crippen molar-refractivity contribution in [1.82, 2.24) is 4.90 Å². The van der Waals surface area contributed by atoms with Crippen LogP contribution in [0.15, 0.2) is 11.3 Å². The molecule has 1 rings (SSSR count). The van der Waals surface area contributed by atoms with E-state index in [4.69, 9.17) is 4.74 Å². The van der Waals surface area contributed by atoms with Gasteiger partial charge in [0.05, 0.1) is 12.7 Å². The highest BCUT2D eigenvalue weighted by Crippen LogP contribution is 2.23. The lowest BCUT2D eigenvalue weighted by atomic mass is 10.2. The first-order valence-corrected chi connectivity index (χ1v) is 5.23. The van der Waals surface area contributed by atoms with E-state index in [1.165, 1.54) is 20.0 Å². The second-order valence-corrected chi connectivity index (χ2v) is 3.65. The molecule has 0 atom stereocenters. The zero-order valence-electron chi connectivity index (χ0n) is 9.30. The van der Waals surface area contributed by atoms with Crippen LogP contribution in [0.4, 0.5) is 0 Å². The average Bonchev–Trinajstić information content (AvgIpc) is 2.56. The van der Waals surface area contributed by atoms with Crippen LogP contribution in [0.1, 0.15) is 33.1 Å². The summed E-state index contributed by atoms with van der Waals surface area (Å²) >= 11 is 0. The Balaban J connectivity index is 2.60. The first kappa shape index (κ1) is 11.1. The van der Waals surface area contributed by atoms with Gasteiger partial charge in [0.15, 0.2) is 0 Å². The van der Waals surface area contributed by atoms with Gasteiger partial charge in [-0.05, 0) is 19.8 Å². The average molecular weight is 197 g/mol. The molecule has 3 nitrogen and oxygen atoms in total. The summed E-state index contributed by atoms with van der Waals surface area (Å²) in [6.45, 7) is 6.21. The monoisotopic (exact) mass is 197 g/mol. The molecule has 0 aromatic rings. The first-order valence-electron chi connectivity index (χ1n) is 5.23. The highest BCUT2D eigenvalue weighted by Gasteiger charge is 2.23. The minimum absolute atomic E-state index is 0.165. The van der Waals surface area contributed by atoms with Gasteiger partial charge in [0.1, 0.15) is 0 Å². The minimum Gasteiger partial charge on any atom is -0.466 e. The fourth-order valence-electron chi connectivity index (χ4n) is 1.79. The standard InChI is InChI=1S/C11H19NO2/c1-4-5-7-12-8-6-10(9(12)2)11(13)14-3/h4-8H2,1-3H3. The summed E-state index contributed by atoms with van der Waals surface area (Å²) < 4.78 is 4.73. The number of nitrogens with zero attached hydrogens (tertiary/aromatic N) is 1. The normalized spacial score (nSPS) is 16.4. The Morgan fingerprint density at radius 3 is 2.86 bits per heavy atom. The molecule has 0 saturated carbocycles. The molecule has 0 aromatic carbocycles. The van der Waals surface area contributed by atoms with E-state index in [9.17, 15) is 4.79 Å². The lowest BCUT2D eigenvalue weighted by Gasteiger charge is -2.19. The molecule has 1 aliphatic rings. The van der Waals surface area contributed by atoms with Gasteiger partial charge in [0.25, 0.3) is 0 Å². The fourth-order valence-corrected chi connectivity index (χ4v) is 1.79. The molecule has 0 aliphatic carbocycles. The van der Waals surface area contributed by atoms with Gasteiger partial charge in [-0.15, -0.1) is 0 Å². The van der Waals surface area contributed by atoms with Crippen LogP contribution in [-0.2, 0) is 9.53 Å². The highest BCUT2D eigenvalue weighted by atomic mass is 16.5. The van der Waals surface area contributed by atoms with Crippen LogP contribution in [0.3, 0.4) is 0 Å². The molecule has 1 aliphatic heterocycles. The molecular weight excluding hydrogens is 178 g/mol. The Morgan fingerprint density at radius 1 is 1.57 bits per heavy atom. The molecule has 0 radical (unpaired) electrons. The molecule has 0 saturated heterocycles. The first-order chi connectivity index (χ1) is 6.70. The Hall–Kier alpha value is -0.990. The number of hydrogen-bond acceptors (Lipinski definition) is 3. The largest absolute Gasteiger partial charge is 0.466 e. The number of carbonyl (C=O) groups is 1. The van der Waals surface area contributed by atoms with Crippen molar-refractivity contribution in [2.45, 2.75) is 33.1 Å². The summed E-state index contributed by atoms with van der Waals surface area (Å²) in [4.78, 5) is 13.6. The number of ether oxygens (including phenoxy) is 1. The summed E-state index contributed by atoms with van der Waals surface area (Å²) in [5.74, 6) is -0.165. The third-order valence-electron chi connectivity index (χ3n) is 2.76. The summed E-state index contributed by atoms with van der Waals surface area (Å²) in [6, 6.07) is 0. The van der Waals surface area contributed by atoms with Crippen molar-refractivity contribution in [3.63, 3.8) is 0 Å². The Morgan fingerprint density at radius 2 is 2.29 bits per heavy atom. The van der Waals surface area contributed by atoms with E-state index in [0.29, 0.717) is 0 Å². The predicted octanol–water partition coefficient (Wildman–Crippen LogP) is 1.94. The highest BCUT2D eigenvalue weighted by molar-refractivity contribution is 5.89. The maximum atomic E-state index is 11.3. The van der Waals surface area contributed by atoms with E-state index in [2.05, 4.69) is 11.8 Å². The number of allylic oxidation sites excluding steroid dienone is 1. The zero-order chi connectivity index (χ0) is 10.6. The van der Waals surface area contributed by atoms with Crippen molar-refractivity contribution < 1.29 is 9.53 Å². The van der Waals surface area contributed by atoms with E-state index >= 15 is 0 Å². The molecule has 0 amide bonds. The predicted molar refractivity (Wildman–Crippen MR) is 55.8 cm³/mol. The van der Waals surface area contributed by atoms with Crippen molar-refractivity contribution in [2.75, 3.05) is 20.2 Å². The van der Waals surface area contributed by atoms with Crippen LogP contribution < -0.4 is 0 Å². The van der Waals surface area contributed by atoms with Crippen molar-refractivity contribution in [1.29, 1.82) is 0 Å². The van der Waals surface area contributed by atoms with E-state index in [1.54, 1.807) is 0 Å². The summed E-state index contributed by atoms with van der Waals surface area (Å²) in [7, 11) is 1.44. The molecule has 3 heteroatoms. The van der Waals surface area contributed by atoms with Crippen molar-refractivity contribution >= 4 is 5.97 Å². The second kappa shape index (κ2) is 5.03. The second-order valence-electron chi connectivity index (χ2n) is 3.65. The van der Waals surface area contributed by atoms with Crippen LogP contribution in [0, 0.1) is 0 Å². The van der Waals surface area contributed by atoms with Gasteiger partial charge in [0, 0.05) is 18.8 Å².